The number of rotatable bonds is 0. The van der Waals surface area contributed by atoms with Gasteiger partial charge in [-0.15, -0.1) is 0 Å². The third kappa shape index (κ3) is 3.55. The highest BCUT2D eigenvalue weighted by Crippen LogP contribution is 2.34. The van der Waals surface area contributed by atoms with E-state index in [1.165, 1.54) is 0 Å². The molecular formula is C15H22O3. The van der Waals surface area contributed by atoms with E-state index < -0.39 is 5.79 Å². The Morgan fingerprint density at radius 2 is 1.50 bits per heavy atom. The van der Waals surface area contributed by atoms with Gasteiger partial charge >= 0.3 is 0 Å². The van der Waals surface area contributed by atoms with Crippen molar-refractivity contribution in [1.82, 2.24) is 0 Å². The SMILES string of the molecule is CC1OCCC2OC(C)(C)OC12.c1ccccc1. The van der Waals surface area contributed by atoms with Crippen molar-refractivity contribution in [2.75, 3.05) is 6.61 Å². The van der Waals surface area contributed by atoms with Crippen molar-refractivity contribution in [3.05, 3.63) is 36.4 Å². The molecule has 3 nitrogen and oxygen atoms in total. The summed E-state index contributed by atoms with van der Waals surface area (Å²) in [5.74, 6) is -0.419. The fourth-order valence-corrected chi connectivity index (χ4v) is 2.33. The van der Waals surface area contributed by atoms with Gasteiger partial charge in [0.1, 0.15) is 6.10 Å². The highest BCUT2D eigenvalue weighted by atomic mass is 16.8. The zero-order chi connectivity index (χ0) is 13.0. The number of hydrogen-bond acceptors (Lipinski definition) is 3. The van der Waals surface area contributed by atoms with E-state index in [-0.39, 0.29) is 18.3 Å². The minimum atomic E-state index is -0.419. The van der Waals surface area contributed by atoms with Crippen molar-refractivity contribution in [1.29, 1.82) is 0 Å². The van der Waals surface area contributed by atoms with Gasteiger partial charge in [0.25, 0.3) is 0 Å². The lowest BCUT2D eigenvalue weighted by Gasteiger charge is -2.28. The van der Waals surface area contributed by atoms with Crippen LogP contribution in [0, 0.1) is 0 Å². The Kier molecular flexibility index (Phi) is 4.38. The molecule has 2 fully saturated rings. The van der Waals surface area contributed by atoms with Crippen LogP contribution in [0.5, 0.6) is 0 Å². The molecule has 0 radical (unpaired) electrons. The smallest absolute Gasteiger partial charge is 0.163 e. The van der Waals surface area contributed by atoms with E-state index in [4.69, 9.17) is 14.2 Å². The lowest BCUT2D eigenvalue weighted by molar-refractivity contribution is -0.152. The second-order valence-electron chi connectivity index (χ2n) is 5.16. The molecule has 3 atom stereocenters. The summed E-state index contributed by atoms with van der Waals surface area (Å²) in [5.41, 5.74) is 0. The van der Waals surface area contributed by atoms with Crippen LogP contribution in [0.2, 0.25) is 0 Å². The zero-order valence-electron chi connectivity index (χ0n) is 11.3. The summed E-state index contributed by atoms with van der Waals surface area (Å²) in [6, 6.07) is 12.0. The molecule has 0 aromatic heterocycles. The first-order valence-corrected chi connectivity index (χ1v) is 6.56. The molecule has 0 bridgehead atoms. The fourth-order valence-electron chi connectivity index (χ4n) is 2.33. The largest absolute Gasteiger partial charge is 0.376 e. The predicted molar refractivity (Wildman–Crippen MR) is 70.3 cm³/mol. The maximum Gasteiger partial charge on any atom is 0.163 e. The molecule has 0 N–H and O–H groups in total. The molecule has 0 aliphatic carbocycles. The molecule has 0 saturated carbocycles. The normalized spacial score (nSPS) is 33.2. The van der Waals surface area contributed by atoms with Crippen molar-refractivity contribution in [3.63, 3.8) is 0 Å². The molecule has 3 unspecified atom stereocenters. The maximum absolute atomic E-state index is 5.72. The minimum Gasteiger partial charge on any atom is -0.376 e. The lowest BCUT2D eigenvalue weighted by Crippen LogP contribution is -2.40. The molecule has 3 heteroatoms. The molecule has 0 amide bonds. The minimum absolute atomic E-state index is 0.133. The van der Waals surface area contributed by atoms with Gasteiger partial charge in [0.05, 0.1) is 12.2 Å². The first kappa shape index (κ1) is 13.5. The van der Waals surface area contributed by atoms with Gasteiger partial charge in [0.2, 0.25) is 0 Å². The van der Waals surface area contributed by atoms with Crippen LogP contribution in [0.1, 0.15) is 27.2 Å². The summed E-state index contributed by atoms with van der Waals surface area (Å²) in [4.78, 5) is 0. The van der Waals surface area contributed by atoms with Gasteiger partial charge in [0, 0.05) is 6.61 Å². The Balaban J connectivity index is 0.000000169. The van der Waals surface area contributed by atoms with E-state index in [2.05, 4.69) is 0 Å². The van der Waals surface area contributed by atoms with Crippen molar-refractivity contribution in [2.24, 2.45) is 0 Å². The van der Waals surface area contributed by atoms with Crippen molar-refractivity contribution in [3.8, 4) is 0 Å². The molecule has 18 heavy (non-hydrogen) atoms. The van der Waals surface area contributed by atoms with Crippen LogP contribution in [-0.2, 0) is 14.2 Å². The van der Waals surface area contributed by atoms with Crippen LogP contribution < -0.4 is 0 Å². The summed E-state index contributed by atoms with van der Waals surface area (Å²) >= 11 is 0. The molecule has 2 saturated heterocycles. The van der Waals surface area contributed by atoms with Crippen LogP contribution >= 0.6 is 0 Å². The fraction of sp³-hybridized carbons (Fsp3) is 0.600. The Morgan fingerprint density at radius 3 is 2.00 bits per heavy atom. The van der Waals surface area contributed by atoms with E-state index in [0.717, 1.165) is 13.0 Å². The van der Waals surface area contributed by atoms with Gasteiger partial charge in [-0.3, -0.25) is 0 Å². The van der Waals surface area contributed by atoms with Gasteiger partial charge in [-0.25, -0.2) is 0 Å². The molecule has 2 heterocycles. The molecule has 100 valence electrons. The summed E-state index contributed by atoms with van der Waals surface area (Å²) < 4.78 is 16.9. The van der Waals surface area contributed by atoms with Crippen molar-refractivity contribution >= 4 is 0 Å². The number of fused-ring (bicyclic) bond motifs is 1. The summed E-state index contributed by atoms with van der Waals surface area (Å²) in [5, 5.41) is 0. The molecule has 0 spiro atoms. The molecular weight excluding hydrogens is 228 g/mol. The lowest BCUT2D eigenvalue weighted by atomic mass is 10.0. The van der Waals surface area contributed by atoms with Crippen LogP contribution in [-0.4, -0.2) is 30.7 Å². The van der Waals surface area contributed by atoms with Gasteiger partial charge in [-0.1, -0.05) is 36.4 Å². The van der Waals surface area contributed by atoms with Crippen LogP contribution in [0.4, 0.5) is 0 Å². The Labute approximate surface area is 109 Å². The first-order valence-electron chi connectivity index (χ1n) is 6.56. The highest BCUT2D eigenvalue weighted by molar-refractivity contribution is 4.99. The summed E-state index contributed by atoms with van der Waals surface area (Å²) in [6.45, 7) is 6.75. The Morgan fingerprint density at radius 1 is 0.944 bits per heavy atom. The maximum atomic E-state index is 5.72. The third-order valence-electron chi connectivity index (χ3n) is 3.13. The third-order valence-corrected chi connectivity index (χ3v) is 3.13. The molecule has 3 rings (SSSR count). The van der Waals surface area contributed by atoms with E-state index in [1.54, 1.807) is 0 Å². The second-order valence-corrected chi connectivity index (χ2v) is 5.16. The van der Waals surface area contributed by atoms with Gasteiger partial charge in [-0.05, 0) is 27.2 Å². The second kappa shape index (κ2) is 5.83. The molecule has 2 aliphatic heterocycles. The number of hydrogen-bond donors (Lipinski definition) is 0. The number of benzene rings is 1. The monoisotopic (exact) mass is 250 g/mol. The van der Waals surface area contributed by atoms with Crippen LogP contribution in [0.15, 0.2) is 36.4 Å². The van der Waals surface area contributed by atoms with Crippen molar-refractivity contribution < 1.29 is 14.2 Å². The zero-order valence-corrected chi connectivity index (χ0v) is 11.3. The van der Waals surface area contributed by atoms with E-state index in [9.17, 15) is 0 Å². The van der Waals surface area contributed by atoms with Crippen LogP contribution in [0.3, 0.4) is 0 Å². The van der Waals surface area contributed by atoms with E-state index in [1.807, 2.05) is 57.2 Å². The van der Waals surface area contributed by atoms with E-state index >= 15 is 0 Å². The topological polar surface area (TPSA) is 27.7 Å². The Hall–Kier alpha value is -0.900. The summed E-state index contributed by atoms with van der Waals surface area (Å²) in [6.07, 6.45) is 1.50. The van der Waals surface area contributed by atoms with Gasteiger partial charge in [0.15, 0.2) is 5.79 Å². The molecule has 1 aromatic carbocycles. The highest BCUT2D eigenvalue weighted by Gasteiger charge is 2.45. The summed E-state index contributed by atoms with van der Waals surface area (Å²) in [7, 11) is 0. The molecule has 1 aromatic rings. The van der Waals surface area contributed by atoms with E-state index in [0.29, 0.717) is 0 Å². The van der Waals surface area contributed by atoms with Gasteiger partial charge in [-0.2, -0.15) is 0 Å². The first-order chi connectivity index (χ1) is 8.58. The standard InChI is InChI=1S/C9H16O3.C6H6/c1-6-8-7(4-5-10-6)11-9(2,3)12-8;1-2-4-6-5-3-1/h6-8H,4-5H2,1-3H3;1-6H. The number of ether oxygens (including phenoxy) is 3. The van der Waals surface area contributed by atoms with Crippen LogP contribution in [0.25, 0.3) is 0 Å². The quantitative estimate of drug-likeness (QED) is 0.708. The van der Waals surface area contributed by atoms with Crippen molar-refractivity contribution in [2.45, 2.75) is 51.3 Å². The van der Waals surface area contributed by atoms with Gasteiger partial charge < -0.3 is 14.2 Å². The Bertz CT molecular complexity index is 323. The average Bonchev–Trinajstić information content (AvgIpc) is 2.68. The predicted octanol–water partition coefficient (Wildman–Crippen LogP) is 3.00. The molecule has 2 aliphatic rings. The average molecular weight is 250 g/mol.